The van der Waals surface area contributed by atoms with Crippen LogP contribution in [0.3, 0.4) is 0 Å². The van der Waals surface area contributed by atoms with Crippen molar-refractivity contribution in [1.29, 1.82) is 0 Å². The number of nitrogens with zero attached hydrogens (tertiary/aromatic N) is 3. The molecule has 0 aliphatic carbocycles. The van der Waals surface area contributed by atoms with Gasteiger partial charge in [0.1, 0.15) is 10.8 Å². The van der Waals surface area contributed by atoms with Crippen molar-refractivity contribution in [3.63, 3.8) is 0 Å². The molecule has 29 heavy (non-hydrogen) atoms. The molecule has 0 radical (unpaired) electrons. The second-order valence-corrected chi connectivity index (χ2v) is 8.64. The highest BCUT2D eigenvalue weighted by molar-refractivity contribution is 9.11. The summed E-state index contributed by atoms with van der Waals surface area (Å²) in [4.78, 5) is 14.3. The van der Waals surface area contributed by atoms with Gasteiger partial charge in [-0.05, 0) is 59.1 Å². The van der Waals surface area contributed by atoms with Crippen LogP contribution in [0.15, 0.2) is 58.8 Å². The van der Waals surface area contributed by atoms with E-state index in [1.807, 2.05) is 46.3 Å². The number of piperidine rings is 1. The van der Waals surface area contributed by atoms with Crippen molar-refractivity contribution < 1.29 is 9.90 Å². The van der Waals surface area contributed by atoms with Crippen molar-refractivity contribution in [1.82, 2.24) is 10.0 Å². The van der Waals surface area contributed by atoms with Gasteiger partial charge in [-0.2, -0.15) is 0 Å². The molecule has 2 aliphatic rings. The van der Waals surface area contributed by atoms with Crippen LogP contribution in [0.5, 0.6) is 0 Å². The molecule has 0 saturated carbocycles. The van der Waals surface area contributed by atoms with Gasteiger partial charge in [-0.1, -0.05) is 47.8 Å². The molecular weight excluding hydrogens is 477 g/mol. The molecule has 1 atom stereocenters. The van der Waals surface area contributed by atoms with Crippen molar-refractivity contribution in [2.75, 3.05) is 18.0 Å². The number of hydrogen-bond donors (Lipinski definition) is 1. The standard InChI is InChI=1S/C21H20BrCl2N3O2/c22-19-18(21(28)29)27(25-12-4-1-5-13-25)20(16-6-2-3-7-17(16)24)26(19)15-10-8-14(23)9-11-15/h2-3,6-11,20H,1,4-5,12-13H2,(H,28,29). The molecule has 1 saturated heterocycles. The van der Waals surface area contributed by atoms with E-state index in [1.54, 1.807) is 12.1 Å². The molecule has 2 aliphatic heterocycles. The zero-order chi connectivity index (χ0) is 20.5. The summed E-state index contributed by atoms with van der Waals surface area (Å²) < 4.78 is 0.489. The molecule has 2 aromatic rings. The van der Waals surface area contributed by atoms with Gasteiger partial charge in [-0.3, -0.25) is 5.01 Å². The average Bonchev–Trinajstić information content (AvgIpc) is 3.02. The Morgan fingerprint density at radius 1 is 1.00 bits per heavy atom. The van der Waals surface area contributed by atoms with E-state index in [-0.39, 0.29) is 5.70 Å². The Morgan fingerprint density at radius 2 is 1.66 bits per heavy atom. The van der Waals surface area contributed by atoms with Crippen LogP contribution >= 0.6 is 39.1 Å². The number of hydrazine groups is 1. The molecule has 1 fully saturated rings. The molecule has 0 bridgehead atoms. The smallest absolute Gasteiger partial charge is 0.356 e. The summed E-state index contributed by atoms with van der Waals surface area (Å²) in [6, 6.07) is 14.9. The second kappa shape index (κ2) is 8.56. The highest BCUT2D eigenvalue weighted by atomic mass is 79.9. The van der Waals surface area contributed by atoms with Gasteiger partial charge >= 0.3 is 5.97 Å². The van der Waals surface area contributed by atoms with E-state index in [9.17, 15) is 9.90 Å². The van der Waals surface area contributed by atoms with Crippen LogP contribution in [0.1, 0.15) is 31.0 Å². The number of benzene rings is 2. The van der Waals surface area contributed by atoms with Crippen LogP contribution < -0.4 is 4.90 Å². The van der Waals surface area contributed by atoms with Crippen LogP contribution in [-0.2, 0) is 4.79 Å². The third kappa shape index (κ3) is 3.87. The van der Waals surface area contributed by atoms with Gasteiger partial charge in [0.15, 0.2) is 5.70 Å². The lowest BCUT2D eigenvalue weighted by atomic mass is 10.1. The first-order chi connectivity index (χ1) is 14.0. The highest BCUT2D eigenvalue weighted by Gasteiger charge is 2.45. The summed E-state index contributed by atoms with van der Waals surface area (Å²) in [6.45, 7) is 1.60. The maximum absolute atomic E-state index is 12.3. The van der Waals surface area contributed by atoms with E-state index in [4.69, 9.17) is 23.2 Å². The molecular formula is C21H20BrCl2N3O2. The van der Waals surface area contributed by atoms with Gasteiger partial charge < -0.3 is 10.0 Å². The van der Waals surface area contributed by atoms with Crippen molar-refractivity contribution >= 4 is 50.8 Å². The first-order valence-corrected chi connectivity index (χ1v) is 11.0. The SMILES string of the molecule is O=C(O)C1=C(Br)N(c2ccc(Cl)cc2)C(c2ccccc2Cl)N1N1CCCCC1. The third-order valence-electron chi connectivity index (χ3n) is 5.24. The number of carbonyl (C=O) groups is 1. The highest BCUT2D eigenvalue weighted by Crippen LogP contribution is 2.47. The van der Waals surface area contributed by atoms with E-state index in [0.717, 1.165) is 43.6 Å². The van der Waals surface area contributed by atoms with Gasteiger partial charge in [0.25, 0.3) is 0 Å². The zero-order valence-electron chi connectivity index (χ0n) is 15.6. The third-order valence-corrected chi connectivity index (χ3v) is 6.59. The Morgan fingerprint density at radius 3 is 2.28 bits per heavy atom. The van der Waals surface area contributed by atoms with Gasteiger partial charge in [-0.25, -0.2) is 9.80 Å². The Balaban J connectivity index is 1.90. The van der Waals surface area contributed by atoms with Crippen molar-refractivity contribution in [3.05, 3.63) is 74.4 Å². The lowest BCUT2D eigenvalue weighted by Gasteiger charge is -2.42. The lowest BCUT2D eigenvalue weighted by Crippen LogP contribution is -2.48. The molecule has 1 unspecified atom stereocenters. The summed E-state index contributed by atoms with van der Waals surface area (Å²) in [7, 11) is 0. The van der Waals surface area contributed by atoms with E-state index >= 15 is 0 Å². The molecule has 0 spiro atoms. The Labute approximate surface area is 188 Å². The maximum atomic E-state index is 12.3. The normalized spacial score (nSPS) is 20.4. The minimum atomic E-state index is -0.990. The Bertz CT molecular complexity index is 945. The summed E-state index contributed by atoms with van der Waals surface area (Å²) in [5.41, 5.74) is 1.86. The molecule has 0 amide bonds. The number of hydrogen-bond acceptors (Lipinski definition) is 4. The molecule has 152 valence electrons. The fourth-order valence-electron chi connectivity index (χ4n) is 3.93. The Kier molecular flexibility index (Phi) is 6.06. The zero-order valence-corrected chi connectivity index (χ0v) is 18.7. The fraction of sp³-hybridized carbons (Fsp3) is 0.286. The summed E-state index contributed by atoms with van der Waals surface area (Å²) >= 11 is 16.3. The Hall–Kier alpha value is -1.73. The first kappa shape index (κ1) is 20.5. The quantitative estimate of drug-likeness (QED) is 0.537. The lowest BCUT2D eigenvalue weighted by molar-refractivity contribution is -0.139. The molecule has 5 nitrogen and oxygen atoms in total. The molecule has 0 aromatic heterocycles. The minimum Gasteiger partial charge on any atom is -0.476 e. The molecule has 2 aromatic carbocycles. The van der Waals surface area contributed by atoms with Gasteiger partial charge in [-0.15, -0.1) is 0 Å². The summed E-state index contributed by atoms with van der Waals surface area (Å²) in [5, 5.41) is 15.3. The van der Waals surface area contributed by atoms with E-state index in [2.05, 4.69) is 20.9 Å². The second-order valence-electron chi connectivity index (χ2n) is 7.05. The number of aliphatic carboxylic acids is 1. The van der Waals surface area contributed by atoms with Crippen LogP contribution in [0, 0.1) is 0 Å². The molecule has 2 heterocycles. The number of carboxylic acids is 1. The van der Waals surface area contributed by atoms with Gasteiger partial charge in [0.05, 0.1) is 0 Å². The van der Waals surface area contributed by atoms with Gasteiger partial charge in [0, 0.05) is 34.4 Å². The fourth-order valence-corrected chi connectivity index (χ4v) is 5.04. The number of anilines is 1. The largest absolute Gasteiger partial charge is 0.476 e. The number of rotatable bonds is 4. The van der Waals surface area contributed by atoms with Crippen LogP contribution in [0.25, 0.3) is 0 Å². The van der Waals surface area contributed by atoms with E-state index in [1.165, 1.54) is 0 Å². The van der Waals surface area contributed by atoms with Crippen molar-refractivity contribution in [2.24, 2.45) is 0 Å². The van der Waals surface area contributed by atoms with Gasteiger partial charge in [0.2, 0.25) is 0 Å². The van der Waals surface area contributed by atoms with Crippen molar-refractivity contribution in [3.8, 4) is 0 Å². The number of halogens is 3. The first-order valence-electron chi connectivity index (χ1n) is 9.45. The number of carboxylic acid groups (broad SMARTS) is 1. The average molecular weight is 497 g/mol. The van der Waals surface area contributed by atoms with E-state index < -0.39 is 12.1 Å². The molecule has 1 N–H and O–H groups in total. The van der Waals surface area contributed by atoms with Crippen LogP contribution in [-0.4, -0.2) is 34.2 Å². The summed E-state index contributed by atoms with van der Waals surface area (Å²) in [5.74, 6) is -0.990. The summed E-state index contributed by atoms with van der Waals surface area (Å²) in [6.07, 6.45) is 2.77. The monoisotopic (exact) mass is 495 g/mol. The predicted molar refractivity (Wildman–Crippen MR) is 119 cm³/mol. The van der Waals surface area contributed by atoms with Crippen molar-refractivity contribution in [2.45, 2.75) is 25.4 Å². The maximum Gasteiger partial charge on any atom is 0.356 e. The van der Waals surface area contributed by atoms with Crippen LogP contribution in [0.2, 0.25) is 10.0 Å². The minimum absolute atomic E-state index is 0.201. The van der Waals surface area contributed by atoms with E-state index in [0.29, 0.717) is 14.7 Å². The predicted octanol–water partition coefficient (Wildman–Crippen LogP) is 5.86. The molecule has 4 rings (SSSR count). The topological polar surface area (TPSA) is 47.0 Å². The van der Waals surface area contributed by atoms with Crippen LogP contribution in [0.4, 0.5) is 5.69 Å². The molecule has 8 heteroatoms.